The maximum atomic E-state index is 12.0. The van der Waals surface area contributed by atoms with Crippen LogP contribution in [0, 0.1) is 5.92 Å². The van der Waals surface area contributed by atoms with Gasteiger partial charge >= 0.3 is 6.09 Å². The summed E-state index contributed by atoms with van der Waals surface area (Å²) in [4.78, 5) is 35.7. The summed E-state index contributed by atoms with van der Waals surface area (Å²) in [7, 11) is 0. The van der Waals surface area contributed by atoms with Crippen molar-refractivity contribution in [3.8, 4) is 0 Å². The molecule has 6 heteroatoms. The van der Waals surface area contributed by atoms with Crippen LogP contribution >= 0.6 is 0 Å². The molecule has 0 bridgehead atoms. The van der Waals surface area contributed by atoms with E-state index in [-0.39, 0.29) is 30.8 Å². The van der Waals surface area contributed by atoms with E-state index in [4.69, 9.17) is 5.11 Å². The highest BCUT2D eigenvalue weighted by atomic mass is 16.4. The number of carbonyl (C=O) groups excluding carboxylic acids is 2. The predicted octanol–water partition coefficient (Wildman–Crippen LogP) is 1.19. The van der Waals surface area contributed by atoms with Gasteiger partial charge in [0.05, 0.1) is 11.1 Å². The van der Waals surface area contributed by atoms with Crippen LogP contribution in [0.2, 0.25) is 0 Å². The van der Waals surface area contributed by atoms with E-state index in [0.29, 0.717) is 11.1 Å². The van der Waals surface area contributed by atoms with E-state index in [1.54, 1.807) is 31.2 Å². The number of nitrogens with one attached hydrogen (secondary N) is 1. The molecule has 100 valence electrons. The van der Waals surface area contributed by atoms with Crippen LogP contribution in [0.15, 0.2) is 24.3 Å². The molecule has 1 aliphatic heterocycles. The highest BCUT2D eigenvalue weighted by molar-refractivity contribution is 6.21. The van der Waals surface area contributed by atoms with Gasteiger partial charge in [-0.15, -0.1) is 0 Å². The Balaban J connectivity index is 2.06. The zero-order valence-corrected chi connectivity index (χ0v) is 10.4. The van der Waals surface area contributed by atoms with E-state index in [2.05, 4.69) is 5.32 Å². The Morgan fingerprint density at radius 1 is 1.26 bits per heavy atom. The summed E-state index contributed by atoms with van der Waals surface area (Å²) in [6.45, 7) is 2.18. The second-order valence-corrected chi connectivity index (χ2v) is 4.56. The molecule has 0 saturated carbocycles. The Morgan fingerprint density at radius 2 is 1.79 bits per heavy atom. The van der Waals surface area contributed by atoms with Crippen molar-refractivity contribution in [2.75, 3.05) is 13.1 Å². The van der Waals surface area contributed by atoms with E-state index < -0.39 is 6.09 Å². The Kier molecular flexibility index (Phi) is 3.50. The van der Waals surface area contributed by atoms with E-state index in [1.807, 2.05) is 0 Å². The van der Waals surface area contributed by atoms with Crippen molar-refractivity contribution in [1.29, 1.82) is 0 Å². The molecule has 1 atom stereocenters. The van der Waals surface area contributed by atoms with Crippen LogP contribution in [0.25, 0.3) is 0 Å². The van der Waals surface area contributed by atoms with Gasteiger partial charge in [0.2, 0.25) is 0 Å². The summed E-state index contributed by atoms with van der Waals surface area (Å²) >= 11 is 0. The van der Waals surface area contributed by atoms with Crippen molar-refractivity contribution in [3.63, 3.8) is 0 Å². The molecule has 0 aromatic heterocycles. The molecular formula is C13H14N2O4. The highest BCUT2D eigenvalue weighted by Gasteiger charge is 2.35. The number of amides is 3. The Hall–Kier alpha value is -2.37. The first-order valence-electron chi connectivity index (χ1n) is 5.92. The van der Waals surface area contributed by atoms with E-state index in [0.717, 1.165) is 0 Å². The van der Waals surface area contributed by atoms with Crippen LogP contribution in [-0.2, 0) is 0 Å². The van der Waals surface area contributed by atoms with Crippen LogP contribution in [0.4, 0.5) is 4.79 Å². The minimum Gasteiger partial charge on any atom is -0.465 e. The van der Waals surface area contributed by atoms with Gasteiger partial charge in [-0.1, -0.05) is 19.1 Å². The van der Waals surface area contributed by atoms with Gasteiger partial charge in [0.25, 0.3) is 11.8 Å². The zero-order valence-electron chi connectivity index (χ0n) is 10.4. The molecule has 0 fully saturated rings. The van der Waals surface area contributed by atoms with Gasteiger partial charge in [-0.25, -0.2) is 4.79 Å². The van der Waals surface area contributed by atoms with Crippen LogP contribution in [-0.4, -0.2) is 41.0 Å². The average molecular weight is 262 g/mol. The lowest BCUT2D eigenvalue weighted by atomic mass is 10.1. The lowest BCUT2D eigenvalue weighted by molar-refractivity contribution is 0.0633. The number of hydrogen-bond acceptors (Lipinski definition) is 3. The molecule has 1 heterocycles. The topological polar surface area (TPSA) is 86.7 Å². The second-order valence-electron chi connectivity index (χ2n) is 4.56. The molecule has 0 saturated heterocycles. The molecular weight excluding hydrogens is 248 g/mol. The summed E-state index contributed by atoms with van der Waals surface area (Å²) in [5, 5.41) is 10.7. The number of fused-ring (bicyclic) bond motifs is 1. The average Bonchev–Trinajstić information content (AvgIpc) is 2.62. The minimum absolute atomic E-state index is 0.140. The SMILES string of the molecule is CC(CNC(=O)O)CN1C(=O)c2ccccc2C1=O. The zero-order chi connectivity index (χ0) is 14.0. The maximum absolute atomic E-state index is 12.0. The first-order chi connectivity index (χ1) is 9.00. The van der Waals surface area contributed by atoms with E-state index in [9.17, 15) is 14.4 Å². The maximum Gasteiger partial charge on any atom is 0.404 e. The third-order valence-electron chi connectivity index (χ3n) is 2.97. The van der Waals surface area contributed by atoms with E-state index >= 15 is 0 Å². The molecule has 1 unspecified atom stereocenters. The van der Waals surface area contributed by atoms with E-state index in [1.165, 1.54) is 4.90 Å². The molecule has 2 N–H and O–H groups in total. The van der Waals surface area contributed by atoms with Gasteiger partial charge < -0.3 is 10.4 Å². The normalized spacial score (nSPS) is 15.3. The smallest absolute Gasteiger partial charge is 0.404 e. The van der Waals surface area contributed by atoms with Crippen molar-refractivity contribution in [2.45, 2.75) is 6.92 Å². The molecule has 6 nitrogen and oxygen atoms in total. The predicted molar refractivity (Wildman–Crippen MR) is 67.0 cm³/mol. The molecule has 2 rings (SSSR count). The van der Waals surface area contributed by atoms with Crippen LogP contribution in [0.1, 0.15) is 27.6 Å². The van der Waals surface area contributed by atoms with Gasteiger partial charge in [0.1, 0.15) is 0 Å². The van der Waals surface area contributed by atoms with Crippen molar-refractivity contribution in [2.24, 2.45) is 5.92 Å². The molecule has 3 amide bonds. The molecule has 19 heavy (non-hydrogen) atoms. The van der Waals surface area contributed by atoms with Crippen LogP contribution in [0.5, 0.6) is 0 Å². The first-order valence-corrected chi connectivity index (χ1v) is 5.92. The molecule has 0 spiro atoms. The quantitative estimate of drug-likeness (QED) is 0.798. The van der Waals surface area contributed by atoms with Gasteiger partial charge in [-0.3, -0.25) is 14.5 Å². The Morgan fingerprint density at radius 3 is 2.26 bits per heavy atom. The fourth-order valence-electron chi connectivity index (χ4n) is 2.04. The van der Waals surface area contributed by atoms with Gasteiger partial charge in [-0.2, -0.15) is 0 Å². The van der Waals surface area contributed by atoms with Crippen LogP contribution in [0.3, 0.4) is 0 Å². The lowest BCUT2D eigenvalue weighted by Gasteiger charge is -2.19. The van der Waals surface area contributed by atoms with Crippen LogP contribution < -0.4 is 5.32 Å². The van der Waals surface area contributed by atoms with Gasteiger partial charge in [0.15, 0.2) is 0 Å². The van der Waals surface area contributed by atoms with Crippen molar-refractivity contribution in [1.82, 2.24) is 10.2 Å². The summed E-state index contributed by atoms with van der Waals surface area (Å²) < 4.78 is 0. The third-order valence-corrected chi connectivity index (χ3v) is 2.97. The summed E-state index contributed by atoms with van der Waals surface area (Å²) in [5.41, 5.74) is 0.816. The van der Waals surface area contributed by atoms with Crippen molar-refractivity contribution >= 4 is 17.9 Å². The molecule has 1 aromatic carbocycles. The summed E-state index contributed by atoms with van der Waals surface area (Å²) in [5.74, 6) is -0.774. The molecule has 0 radical (unpaired) electrons. The van der Waals surface area contributed by atoms with Crippen molar-refractivity contribution < 1.29 is 19.5 Å². The number of hydrogen-bond donors (Lipinski definition) is 2. The molecule has 0 aliphatic carbocycles. The monoisotopic (exact) mass is 262 g/mol. The highest BCUT2D eigenvalue weighted by Crippen LogP contribution is 2.23. The number of imide groups is 1. The fraction of sp³-hybridized carbons (Fsp3) is 0.308. The van der Waals surface area contributed by atoms with Crippen molar-refractivity contribution in [3.05, 3.63) is 35.4 Å². The summed E-state index contributed by atoms with van der Waals surface area (Å²) in [6.07, 6.45) is -1.12. The third kappa shape index (κ3) is 2.57. The largest absolute Gasteiger partial charge is 0.465 e. The molecule has 1 aliphatic rings. The fourth-order valence-corrected chi connectivity index (χ4v) is 2.04. The Labute approximate surface area is 110 Å². The second kappa shape index (κ2) is 5.09. The lowest BCUT2D eigenvalue weighted by Crippen LogP contribution is -2.38. The number of benzene rings is 1. The number of nitrogens with zero attached hydrogens (tertiary/aromatic N) is 1. The van der Waals surface area contributed by atoms with Gasteiger partial charge in [0, 0.05) is 13.1 Å². The first kappa shape index (κ1) is 13.1. The summed E-state index contributed by atoms with van der Waals surface area (Å²) in [6, 6.07) is 6.66. The standard InChI is InChI=1S/C13H14N2O4/c1-8(6-14-13(18)19)7-15-11(16)9-4-2-3-5-10(9)12(15)17/h2-5,8,14H,6-7H2,1H3,(H,18,19). The number of rotatable bonds is 4. The molecule has 1 aromatic rings. The number of carboxylic acid groups (broad SMARTS) is 1. The minimum atomic E-state index is -1.12. The Bertz CT molecular complexity index is 506. The van der Waals surface area contributed by atoms with Gasteiger partial charge in [-0.05, 0) is 18.1 Å². The number of carbonyl (C=O) groups is 3.